The lowest BCUT2D eigenvalue weighted by molar-refractivity contribution is -0.124. The van der Waals surface area contributed by atoms with Crippen molar-refractivity contribution in [3.63, 3.8) is 0 Å². The smallest absolute Gasteiger partial charge is 0.348 e. The molecular formula is C16H23NO3S. The van der Waals surface area contributed by atoms with Crippen LogP contribution in [0.25, 0.3) is 0 Å². The average Bonchev–Trinajstić information content (AvgIpc) is 2.76. The van der Waals surface area contributed by atoms with Crippen LogP contribution in [0.15, 0.2) is 6.07 Å². The molecule has 1 aromatic heterocycles. The SMILES string of the molecule is CC[C@@H](C)NC(=O)COC(=O)c1cc2c(s1)CCCCC2. The Morgan fingerprint density at radius 2 is 2.10 bits per heavy atom. The van der Waals surface area contributed by atoms with Crippen LogP contribution in [-0.4, -0.2) is 24.5 Å². The van der Waals surface area contributed by atoms with Crippen LogP contribution in [-0.2, 0) is 22.4 Å². The van der Waals surface area contributed by atoms with Gasteiger partial charge in [0.1, 0.15) is 4.88 Å². The van der Waals surface area contributed by atoms with E-state index in [4.69, 9.17) is 4.74 Å². The number of ether oxygens (including phenoxy) is 1. The number of carbonyl (C=O) groups is 2. The Hall–Kier alpha value is -1.36. The third-order valence-corrected chi connectivity index (χ3v) is 5.02. The van der Waals surface area contributed by atoms with Crippen LogP contribution >= 0.6 is 11.3 Å². The van der Waals surface area contributed by atoms with E-state index in [0.717, 1.165) is 19.3 Å². The normalized spacial score (nSPS) is 15.7. The highest BCUT2D eigenvalue weighted by molar-refractivity contribution is 7.14. The van der Waals surface area contributed by atoms with E-state index in [1.54, 1.807) is 0 Å². The first-order valence-electron chi connectivity index (χ1n) is 7.68. The second-order valence-electron chi connectivity index (χ2n) is 5.57. The highest BCUT2D eigenvalue weighted by Crippen LogP contribution is 2.29. The molecule has 0 aliphatic heterocycles. The molecule has 116 valence electrons. The quantitative estimate of drug-likeness (QED) is 0.672. The average molecular weight is 309 g/mol. The van der Waals surface area contributed by atoms with Crippen LogP contribution in [0.1, 0.15) is 59.6 Å². The molecule has 2 rings (SSSR count). The molecule has 0 spiro atoms. The van der Waals surface area contributed by atoms with Gasteiger partial charge in [-0.3, -0.25) is 4.79 Å². The molecule has 21 heavy (non-hydrogen) atoms. The van der Waals surface area contributed by atoms with Crippen molar-refractivity contribution in [2.45, 2.75) is 58.4 Å². The number of carbonyl (C=O) groups excluding carboxylic acids is 2. The van der Waals surface area contributed by atoms with Crippen LogP contribution in [0.4, 0.5) is 0 Å². The summed E-state index contributed by atoms with van der Waals surface area (Å²) in [4.78, 5) is 25.6. The highest BCUT2D eigenvalue weighted by Gasteiger charge is 2.18. The Kier molecular flexibility index (Phi) is 5.79. The standard InChI is InChI=1S/C16H23NO3S/c1-3-11(2)17-15(18)10-20-16(19)14-9-12-7-5-4-6-8-13(12)21-14/h9,11H,3-8,10H2,1-2H3,(H,17,18)/t11-/m1/s1. The molecule has 0 radical (unpaired) electrons. The van der Waals surface area contributed by atoms with Gasteiger partial charge < -0.3 is 10.1 Å². The number of rotatable bonds is 5. The van der Waals surface area contributed by atoms with Crippen LogP contribution in [0.5, 0.6) is 0 Å². The summed E-state index contributed by atoms with van der Waals surface area (Å²) in [7, 11) is 0. The maximum Gasteiger partial charge on any atom is 0.348 e. The molecule has 0 saturated heterocycles. The van der Waals surface area contributed by atoms with Gasteiger partial charge in [-0.2, -0.15) is 0 Å². The third-order valence-electron chi connectivity index (χ3n) is 3.80. The second-order valence-corrected chi connectivity index (χ2v) is 6.71. The minimum Gasteiger partial charge on any atom is -0.451 e. The molecule has 5 heteroatoms. The summed E-state index contributed by atoms with van der Waals surface area (Å²) in [6, 6.07) is 2.05. The number of aryl methyl sites for hydroxylation is 2. The first-order valence-corrected chi connectivity index (χ1v) is 8.50. The lowest BCUT2D eigenvalue weighted by Gasteiger charge is -2.11. The number of thiophene rings is 1. The molecule has 1 amide bonds. The van der Waals surface area contributed by atoms with Crippen molar-refractivity contribution in [3.8, 4) is 0 Å². The molecule has 1 atom stereocenters. The molecule has 0 fully saturated rings. The Bertz CT molecular complexity index is 486. The number of nitrogens with one attached hydrogen (secondary N) is 1. The van der Waals surface area contributed by atoms with Gasteiger partial charge >= 0.3 is 5.97 Å². The zero-order valence-electron chi connectivity index (χ0n) is 12.7. The summed E-state index contributed by atoms with van der Waals surface area (Å²) in [5.74, 6) is -0.622. The van der Waals surface area contributed by atoms with Gasteiger partial charge in [0.2, 0.25) is 0 Å². The fourth-order valence-corrected chi connectivity index (χ4v) is 3.54. The van der Waals surface area contributed by atoms with Crippen LogP contribution in [0.2, 0.25) is 0 Å². The van der Waals surface area contributed by atoms with Crippen molar-refractivity contribution in [1.29, 1.82) is 0 Å². The summed E-state index contributed by atoms with van der Waals surface area (Å²) in [6.45, 7) is 3.72. The van der Waals surface area contributed by atoms with Crippen molar-refractivity contribution >= 4 is 23.2 Å². The van der Waals surface area contributed by atoms with E-state index in [1.165, 1.54) is 41.0 Å². The minimum absolute atomic E-state index is 0.106. The van der Waals surface area contributed by atoms with Gasteiger partial charge in [-0.25, -0.2) is 4.79 Å². The lowest BCUT2D eigenvalue weighted by Crippen LogP contribution is -2.35. The lowest BCUT2D eigenvalue weighted by atomic mass is 10.1. The fraction of sp³-hybridized carbons (Fsp3) is 0.625. The molecule has 4 nitrogen and oxygen atoms in total. The molecule has 0 saturated carbocycles. The van der Waals surface area contributed by atoms with Gasteiger partial charge in [-0.05, 0) is 50.7 Å². The summed E-state index contributed by atoms with van der Waals surface area (Å²) < 4.78 is 5.10. The van der Waals surface area contributed by atoms with E-state index in [9.17, 15) is 9.59 Å². The van der Waals surface area contributed by atoms with E-state index >= 15 is 0 Å². The first kappa shape index (κ1) is 16.0. The molecule has 0 unspecified atom stereocenters. The zero-order chi connectivity index (χ0) is 15.2. The monoisotopic (exact) mass is 309 g/mol. The van der Waals surface area contributed by atoms with Gasteiger partial charge in [0, 0.05) is 10.9 Å². The van der Waals surface area contributed by atoms with Crippen molar-refractivity contribution < 1.29 is 14.3 Å². The molecule has 0 bridgehead atoms. The maximum atomic E-state index is 12.0. The molecular weight excluding hydrogens is 286 g/mol. The number of amides is 1. The Labute approximate surface area is 129 Å². The molecule has 1 N–H and O–H groups in total. The summed E-state index contributed by atoms with van der Waals surface area (Å²) in [5, 5.41) is 2.78. The molecule has 1 heterocycles. The number of fused-ring (bicyclic) bond motifs is 1. The second kappa shape index (κ2) is 7.59. The van der Waals surface area contributed by atoms with E-state index in [2.05, 4.69) is 5.32 Å². The Morgan fingerprint density at radius 3 is 2.86 bits per heavy atom. The topological polar surface area (TPSA) is 55.4 Å². The molecule has 1 aromatic rings. The number of hydrogen-bond acceptors (Lipinski definition) is 4. The van der Waals surface area contributed by atoms with Crippen molar-refractivity contribution in [2.24, 2.45) is 0 Å². The van der Waals surface area contributed by atoms with E-state index < -0.39 is 0 Å². The number of esters is 1. The largest absolute Gasteiger partial charge is 0.451 e. The Morgan fingerprint density at radius 1 is 1.33 bits per heavy atom. The van der Waals surface area contributed by atoms with Crippen molar-refractivity contribution in [2.75, 3.05) is 6.61 Å². The molecule has 1 aliphatic rings. The number of hydrogen-bond donors (Lipinski definition) is 1. The summed E-state index contributed by atoms with van der Waals surface area (Å²) >= 11 is 1.52. The predicted octanol–water partition coefficient (Wildman–Crippen LogP) is 3.09. The molecule has 1 aliphatic carbocycles. The Balaban J connectivity index is 1.87. The van der Waals surface area contributed by atoms with Crippen LogP contribution < -0.4 is 5.32 Å². The van der Waals surface area contributed by atoms with E-state index in [-0.39, 0.29) is 24.5 Å². The van der Waals surface area contributed by atoms with Gasteiger partial charge in [-0.15, -0.1) is 11.3 Å². The first-order chi connectivity index (χ1) is 10.1. The zero-order valence-corrected chi connectivity index (χ0v) is 13.6. The summed E-state index contributed by atoms with van der Waals surface area (Å²) in [6.07, 6.45) is 6.61. The van der Waals surface area contributed by atoms with Gasteiger partial charge in [-0.1, -0.05) is 13.3 Å². The fourth-order valence-electron chi connectivity index (χ4n) is 2.39. The van der Waals surface area contributed by atoms with Crippen LogP contribution in [0, 0.1) is 0 Å². The molecule has 0 aromatic carbocycles. The van der Waals surface area contributed by atoms with Gasteiger partial charge in [0.15, 0.2) is 6.61 Å². The maximum absolute atomic E-state index is 12.0. The van der Waals surface area contributed by atoms with E-state index in [1.807, 2.05) is 19.9 Å². The third kappa shape index (κ3) is 4.56. The highest BCUT2D eigenvalue weighted by atomic mass is 32.1. The van der Waals surface area contributed by atoms with E-state index in [0.29, 0.717) is 4.88 Å². The minimum atomic E-state index is -0.382. The van der Waals surface area contributed by atoms with Crippen LogP contribution in [0.3, 0.4) is 0 Å². The predicted molar refractivity (Wildman–Crippen MR) is 83.8 cm³/mol. The summed E-state index contributed by atoms with van der Waals surface area (Å²) in [5.41, 5.74) is 1.29. The van der Waals surface area contributed by atoms with Gasteiger partial charge in [0.25, 0.3) is 5.91 Å². The van der Waals surface area contributed by atoms with Gasteiger partial charge in [0.05, 0.1) is 0 Å². The van der Waals surface area contributed by atoms with Crippen molar-refractivity contribution in [1.82, 2.24) is 5.32 Å². The van der Waals surface area contributed by atoms with Crippen molar-refractivity contribution in [3.05, 3.63) is 21.4 Å².